The van der Waals surface area contributed by atoms with Gasteiger partial charge in [0.25, 0.3) is 0 Å². The van der Waals surface area contributed by atoms with Gasteiger partial charge < -0.3 is 5.73 Å². The first-order chi connectivity index (χ1) is 9.01. The Morgan fingerprint density at radius 2 is 2.16 bits per heavy atom. The first-order valence-corrected chi connectivity index (χ1v) is 6.90. The van der Waals surface area contributed by atoms with E-state index in [0.717, 1.165) is 22.7 Å². The van der Waals surface area contributed by atoms with Crippen LogP contribution in [0.2, 0.25) is 0 Å². The Morgan fingerprint density at radius 3 is 2.84 bits per heavy atom. The van der Waals surface area contributed by atoms with E-state index >= 15 is 0 Å². The number of allylic oxidation sites excluding steroid dienone is 1. The third kappa shape index (κ3) is 2.90. The van der Waals surface area contributed by atoms with Crippen molar-refractivity contribution >= 4 is 22.7 Å². The summed E-state index contributed by atoms with van der Waals surface area (Å²) in [4.78, 5) is 4.46. The fourth-order valence-corrected chi connectivity index (χ4v) is 2.69. The fourth-order valence-electron chi connectivity index (χ4n) is 1.87. The maximum atomic E-state index is 7.69. The molecule has 3 nitrogen and oxygen atoms in total. The van der Waals surface area contributed by atoms with Gasteiger partial charge in [-0.3, -0.25) is 5.41 Å². The number of nitrogens with zero attached hydrogens (tertiary/aromatic N) is 1. The van der Waals surface area contributed by atoms with E-state index in [2.05, 4.69) is 24.6 Å². The summed E-state index contributed by atoms with van der Waals surface area (Å²) in [6.45, 7) is 7.67. The van der Waals surface area contributed by atoms with Gasteiger partial charge in [-0.25, -0.2) is 4.98 Å². The Labute approximate surface area is 117 Å². The zero-order valence-corrected chi connectivity index (χ0v) is 12.0. The maximum Gasteiger partial charge on any atom is 0.0991 e. The lowest BCUT2D eigenvalue weighted by molar-refractivity contribution is 1.10. The number of rotatable bonds is 4. The molecule has 0 spiro atoms. The number of aryl methyl sites for hydroxylation is 2. The van der Waals surface area contributed by atoms with Gasteiger partial charge >= 0.3 is 0 Å². The van der Waals surface area contributed by atoms with Crippen LogP contribution in [0.15, 0.2) is 30.2 Å². The van der Waals surface area contributed by atoms with E-state index in [9.17, 15) is 0 Å². The van der Waals surface area contributed by atoms with Crippen LogP contribution < -0.4 is 5.73 Å². The summed E-state index contributed by atoms with van der Waals surface area (Å²) in [5, 5.41) is 10.6. The van der Waals surface area contributed by atoms with Gasteiger partial charge in [0, 0.05) is 17.5 Å². The van der Waals surface area contributed by atoms with E-state index in [-0.39, 0.29) is 0 Å². The van der Waals surface area contributed by atoms with Crippen molar-refractivity contribution in [3.63, 3.8) is 0 Å². The van der Waals surface area contributed by atoms with E-state index in [1.54, 1.807) is 11.3 Å². The second-order valence-electron chi connectivity index (χ2n) is 4.56. The molecule has 0 saturated heterocycles. The number of nitrogen functional groups attached to an aromatic ring is 1. The largest absolute Gasteiger partial charge is 0.399 e. The maximum absolute atomic E-state index is 7.69. The summed E-state index contributed by atoms with van der Waals surface area (Å²) in [7, 11) is 0. The number of benzene rings is 1. The Bertz CT molecular complexity index is 641. The first kappa shape index (κ1) is 13.5. The quantitative estimate of drug-likeness (QED) is 0.660. The van der Waals surface area contributed by atoms with Crippen LogP contribution >= 0.6 is 11.3 Å². The van der Waals surface area contributed by atoms with Crippen molar-refractivity contribution in [3.8, 4) is 0 Å². The molecule has 98 valence electrons. The van der Waals surface area contributed by atoms with Crippen molar-refractivity contribution in [1.82, 2.24) is 4.98 Å². The molecule has 0 aliphatic heterocycles. The summed E-state index contributed by atoms with van der Waals surface area (Å²) >= 11 is 1.58. The highest BCUT2D eigenvalue weighted by Crippen LogP contribution is 2.22. The summed E-state index contributed by atoms with van der Waals surface area (Å²) in [5.41, 5.74) is 11.3. The molecule has 19 heavy (non-hydrogen) atoms. The van der Waals surface area contributed by atoms with Crippen LogP contribution in [0, 0.1) is 19.3 Å². The van der Waals surface area contributed by atoms with Crippen molar-refractivity contribution in [2.75, 3.05) is 5.73 Å². The van der Waals surface area contributed by atoms with Gasteiger partial charge in [-0.05, 0) is 42.7 Å². The summed E-state index contributed by atoms with van der Waals surface area (Å²) in [5.74, 6) is 0. The molecular formula is C15H17N3S. The molecule has 2 aromatic rings. The highest BCUT2D eigenvalue weighted by atomic mass is 32.1. The highest BCUT2D eigenvalue weighted by Gasteiger charge is 2.08. The Balaban J connectivity index is 2.26. The number of nitrogens with one attached hydrogen (secondary N) is 1. The van der Waals surface area contributed by atoms with Crippen LogP contribution in [-0.4, -0.2) is 10.7 Å². The van der Waals surface area contributed by atoms with Gasteiger partial charge in [0.1, 0.15) is 0 Å². The monoisotopic (exact) mass is 271 g/mol. The number of hydrogen-bond acceptors (Lipinski definition) is 4. The minimum absolute atomic E-state index is 0.368. The van der Waals surface area contributed by atoms with Gasteiger partial charge in [-0.15, -0.1) is 11.3 Å². The van der Waals surface area contributed by atoms with Crippen molar-refractivity contribution in [2.45, 2.75) is 20.3 Å². The molecule has 0 amide bonds. The molecule has 3 N–H and O–H groups in total. The molecule has 0 aliphatic rings. The molecule has 0 radical (unpaired) electrons. The normalized spacial score (nSPS) is 10.4. The lowest BCUT2D eigenvalue weighted by Crippen LogP contribution is -1.98. The van der Waals surface area contributed by atoms with Gasteiger partial charge in [0.15, 0.2) is 0 Å². The van der Waals surface area contributed by atoms with E-state index in [1.165, 1.54) is 17.2 Å². The minimum atomic E-state index is 0.368. The number of thiazole rings is 1. The van der Waals surface area contributed by atoms with Crippen LogP contribution in [0.4, 0.5) is 5.69 Å². The Hall–Kier alpha value is -1.94. The number of aromatic nitrogens is 1. The number of anilines is 1. The molecular weight excluding hydrogens is 254 g/mol. The van der Waals surface area contributed by atoms with Gasteiger partial charge in [-0.1, -0.05) is 12.6 Å². The average molecular weight is 271 g/mol. The standard InChI is InChI=1S/C15H17N3S/c1-4-12(16)14-8-19-15(18-14)7-11-5-10(3)13(17)6-9(11)2/h4-6,8,16H,1,7,17H2,2-3H3. The van der Waals surface area contributed by atoms with Crippen molar-refractivity contribution in [2.24, 2.45) is 0 Å². The van der Waals surface area contributed by atoms with Gasteiger partial charge in [-0.2, -0.15) is 0 Å². The molecule has 4 heteroatoms. The predicted molar refractivity (Wildman–Crippen MR) is 82.3 cm³/mol. The lowest BCUT2D eigenvalue weighted by Gasteiger charge is -2.08. The molecule has 0 aliphatic carbocycles. The van der Waals surface area contributed by atoms with Crippen LogP contribution in [-0.2, 0) is 6.42 Å². The third-order valence-corrected chi connectivity index (χ3v) is 3.95. The fraction of sp³-hybridized carbons (Fsp3) is 0.200. The molecule has 0 unspecified atom stereocenters. The second kappa shape index (κ2) is 5.36. The minimum Gasteiger partial charge on any atom is -0.399 e. The van der Waals surface area contributed by atoms with E-state index in [4.69, 9.17) is 11.1 Å². The average Bonchev–Trinajstić information content (AvgIpc) is 2.83. The molecule has 2 rings (SSSR count). The van der Waals surface area contributed by atoms with E-state index < -0.39 is 0 Å². The molecule has 0 fully saturated rings. The zero-order valence-electron chi connectivity index (χ0n) is 11.2. The number of nitrogens with two attached hydrogens (primary N) is 1. The Kier molecular flexibility index (Phi) is 3.81. The van der Waals surface area contributed by atoms with Crippen LogP contribution in [0.3, 0.4) is 0 Å². The molecule has 1 aromatic heterocycles. The SMILES string of the molecule is C=CC(=N)c1csc(Cc2cc(C)c(N)cc2C)n1. The smallest absolute Gasteiger partial charge is 0.0991 e. The molecule has 1 aromatic carbocycles. The topological polar surface area (TPSA) is 62.8 Å². The first-order valence-electron chi connectivity index (χ1n) is 6.02. The molecule has 0 bridgehead atoms. The van der Waals surface area contributed by atoms with Crippen molar-refractivity contribution in [3.05, 3.63) is 57.6 Å². The third-order valence-electron chi connectivity index (χ3n) is 3.10. The zero-order chi connectivity index (χ0) is 14.0. The molecule has 0 atom stereocenters. The van der Waals surface area contributed by atoms with Gasteiger partial charge in [0.2, 0.25) is 0 Å². The lowest BCUT2D eigenvalue weighted by atomic mass is 10.0. The molecule has 0 saturated carbocycles. The summed E-state index contributed by atoms with van der Waals surface area (Å²) in [6, 6.07) is 4.12. The molecule has 1 heterocycles. The van der Waals surface area contributed by atoms with Gasteiger partial charge in [0.05, 0.1) is 16.4 Å². The van der Waals surface area contributed by atoms with E-state index in [1.807, 2.05) is 18.4 Å². The van der Waals surface area contributed by atoms with E-state index in [0.29, 0.717) is 11.4 Å². The van der Waals surface area contributed by atoms with Crippen molar-refractivity contribution in [1.29, 1.82) is 5.41 Å². The van der Waals surface area contributed by atoms with Crippen LogP contribution in [0.1, 0.15) is 27.4 Å². The number of hydrogen-bond donors (Lipinski definition) is 2. The van der Waals surface area contributed by atoms with Crippen LogP contribution in [0.5, 0.6) is 0 Å². The summed E-state index contributed by atoms with van der Waals surface area (Å²) < 4.78 is 0. The van der Waals surface area contributed by atoms with Crippen LogP contribution in [0.25, 0.3) is 0 Å². The van der Waals surface area contributed by atoms with Crippen molar-refractivity contribution < 1.29 is 0 Å². The predicted octanol–water partition coefficient (Wildman–Crippen LogP) is 3.49. The second-order valence-corrected chi connectivity index (χ2v) is 5.50. The Morgan fingerprint density at radius 1 is 1.42 bits per heavy atom. The summed E-state index contributed by atoms with van der Waals surface area (Å²) in [6.07, 6.45) is 2.29. The highest BCUT2D eigenvalue weighted by molar-refractivity contribution is 7.09.